The van der Waals surface area contributed by atoms with E-state index in [4.69, 9.17) is 6.57 Å². The van der Waals surface area contributed by atoms with Gasteiger partial charge >= 0.3 is 0 Å². The third kappa shape index (κ3) is 4.31. The summed E-state index contributed by atoms with van der Waals surface area (Å²) in [6.07, 6.45) is 0. The van der Waals surface area contributed by atoms with Crippen LogP contribution in [0.25, 0.3) is 82.1 Å². The number of fused-ring (bicyclic) bond motifs is 6. The van der Waals surface area contributed by atoms with E-state index in [-0.39, 0.29) is 0 Å². The Morgan fingerprint density at radius 2 is 1.02 bits per heavy atom. The second kappa shape index (κ2) is 11.4. The summed E-state index contributed by atoms with van der Waals surface area (Å²) in [5.74, 6) is 0. The van der Waals surface area contributed by atoms with Crippen molar-refractivity contribution in [3.05, 3.63) is 174 Å². The highest BCUT2D eigenvalue weighted by Crippen LogP contribution is 2.44. The third-order valence-electron chi connectivity index (χ3n) is 9.62. The molecular formula is C45H25N5. The van der Waals surface area contributed by atoms with Crippen LogP contribution in [0.15, 0.2) is 152 Å². The second-order valence-corrected chi connectivity index (χ2v) is 12.3. The van der Waals surface area contributed by atoms with E-state index in [1.807, 2.05) is 84.9 Å². The van der Waals surface area contributed by atoms with Gasteiger partial charge in [-0.15, -0.1) is 0 Å². The summed E-state index contributed by atoms with van der Waals surface area (Å²) in [4.78, 5) is 4.02. The lowest BCUT2D eigenvalue weighted by Gasteiger charge is -2.19. The molecule has 5 heteroatoms. The van der Waals surface area contributed by atoms with Crippen molar-refractivity contribution in [1.82, 2.24) is 9.13 Å². The zero-order chi connectivity index (χ0) is 33.8. The van der Waals surface area contributed by atoms with Crippen LogP contribution in [0, 0.1) is 29.2 Å². The predicted octanol–water partition coefficient (Wildman–Crippen LogP) is 11.5. The first-order valence-electron chi connectivity index (χ1n) is 16.3. The molecule has 0 saturated carbocycles. The van der Waals surface area contributed by atoms with Gasteiger partial charge in [0.1, 0.15) is 0 Å². The van der Waals surface area contributed by atoms with E-state index in [0.717, 1.165) is 77.2 Å². The van der Waals surface area contributed by atoms with Crippen molar-refractivity contribution < 1.29 is 0 Å². The Labute approximate surface area is 288 Å². The molecule has 0 radical (unpaired) electrons. The minimum atomic E-state index is 0.547. The summed E-state index contributed by atoms with van der Waals surface area (Å²) >= 11 is 0. The van der Waals surface area contributed by atoms with Gasteiger partial charge in [0.2, 0.25) is 5.69 Å². The van der Waals surface area contributed by atoms with Crippen LogP contribution < -0.4 is 0 Å². The van der Waals surface area contributed by atoms with Crippen molar-refractivity contribution >= 4 is 49.3 Å². The van der Waals surface area contributed by atoms with Gasteiger partial charge in [0, 0.05) is 27.2 Å². The van der Waals surface area contributed by atoms with E-state index in [0.29, 0.717) is 16.8 Å². The summed E-state index contributed by atoms with van der Waals surface area (Å²) < 4.78 is 4.43. The smallest absolute Gasteiger partial charge is 0.211 e. The number of hydrogen-bond donors (Lipinski definition) is 0. The van der Waals surface area contributed by atoms with Crippen molar-refractivity contribution in [3.63, 3.8) is 0 Å². The van der Waals surface area contributed by atoms with Crippen LogP contribution in [0.4, 0.5) is 5.69 Å². The van der Waals surface area contributed by atoms with E-state index < -0.39 is 0 Å². The zero-order valence-electron chi connectivity index (χ0n) is 26.7. The van der Waals surface area contributed by atoms with E-state index in [2.05, 4.69) is 92.8 Å². The topological polar surface area (TPSA) is 61.8 Å². The van der Waals surface area contributed by atoms with Gasteiger partial charge in [0.15, 0.2) is 0 Å². The molecule has 0 N–H and O–H groups in total. The summed E-state index contributed by atoms with van der Waals surface area (Å²) in [5, 5.41) is 23.9. The van der Waals surface area contributed by atoms with Crippen LogP contribution in [0.3, 0.4) is 0 Å². The number of nitriles is 2. The molecule has 7 aromatic carbocycles. The normalized spacial score (nSPS) is 11.1. The molecule has 2 aromatic heterocycles. The van der Waals surface area contributed by atoms with E-state index >= 15 is 0 Å². The molecule has 5 nitrogen and oxygen atoms in total. The highest BCUT2D eigenvalue weighted by atomic mass is 15.0. The average molecular weight is 636 g/mol. The average Bonchev–Trinajstić information content (AvgIpc) is 3.70. The maximum atomic E-state index is 9.98. The van der Waals surface area contributed by atoms with E-state index in [1.165, 1.54) is 0 Å². The molecule has 0 fully saturated rings. The zero-order valence-corrected chi connectivity index (χ0v) is 26.7. The lowest BCUT2D eigenvalue weighted by molar-refractivity contribution is 1.18. The predicted molar refractivity (Wildman–Crippen MR) is 202 cm³/mol. The number of para-hydroxylation sites is 4. The molecule has 9 aromatic rings. The Hall–Kier alpha value is -7.39. The molecule has 0 amide bonds. The molecule has 2 heterocycles. The van der Waals surface area contributed by atoms with Gasteiger partial charge in [-0.1, -0.05) is 91.0 Å². The Kier molecular flexibility index (Phi) is 6.56. The first-order chi connectivity index (χ1) is 24.7. The molecule has 0 aliphatic rings. The molecule has 0 spiro atoms. The van der Waals surface area contributed by atoms with Crippen molar-refractivity contribution in [2.45, 2.75) is 0 Å². The van der Waals surface area contributed by atoms with Gasteiger partial charge in [-0.05, 0) is 82.9 Å². The number of aromatic nitrogens is 2. The molecule has 0 saturated heterocycles. The third-order valence-corrected chi connectivity index (χ3v) is 9.62. The minimum absolute atomic E-state index is 0.547. The lowest BCUT2D eigenvalue weighted by atomic mass is 9.91. The van der Waals surface area contributed by atoms with E-state index in [9.17, 15) is 10.5 Å². The first-order valence-corrected chi connectivity index (χ1v) is 16.3. The first kappa shape index (κ1) is 28.8. The molecule has 0 aliphatic carbocycles. The Morgan fingerprint density at radius 1 is 0.460 bits per heavy atom. The highest BCUT2D eigenvalue weighted by molar-refractivity contribution is 6.11. The van der Waals surface area contributed by atoms with Crippen LogP contribution in [-0.2, 0) is 0 Å². The Bertz CT molecular complexity index is 2900. The molecular weight excluding hydrogens is 611 g/mol. The van der Waals surface area contributed by atoms with Gasteiger partial charge in [0.25, 0.3) is 0 Å². The number of hydrogen-bond acceptors (Lipinski definition) is 2. The standard InChI is InChI=1S/C45H25N5/c1-48-40-13-8-12-37(45(40)50-42-15-6-2-9-34(42)35-10-3-7-16-43(35)50)33-23-17-29(27-46)25-38(33)31-19-21-32(22-20-31)49-41-14-5-4-11-36(41)39-26-30(28-47)18-24-44(39)49/h2-26H. The van der Waals surface area contributed by atoms with Crippen LogP contribution in [-0.4, -0.2) is 9.13 Å². The molecule has 0 unspecified atom stereocenters. The summed E-state index contributed by atoms with van der Waals surface area (Å²) in [7, 11) is 0. The van der Waals surface area contributed by atoms with Crippen molar-refractivity contribution in [2.75, 3.05) is 0 Å². The molecule has 9 rings (SSSR count). The molecule has 50 heavy (non-hydrogen) atoms. The SMILES string of the molecule is [C-]#[N+]c1cccc(-c2ccc(C#N)cc2-c2ccc(-n3c4ccccc4c4cc(C#N)ccc43)cc2)c1-n1c2ccccc2c2ccccc21. The van der Waals surface area contributed by atoms with Crippen LogP contribution >= 0.6 is 0 Å². The second-order valence-electron chi connectivity index (χ2n) is 12.3. The largest absolute Gasteiger partial charge is 0.318 e. The Balaban J connectivity index is 1.26. The van der Waals surface area contributed by atoms with Gasteiger partial charge < -0.3 is 9.13 Å². The van der Waals surface area contributed by atoms with Crippen LogP contribution in [0.2, 0.25) is 0 Å². The molecule has 0 aliphatic heterocycles. The summed E-state index contributed by atoms with van der Waals surface area (Å²) in [6, 6.07) is 55.4. The van der Waals surface area contributed by atoms with Gasteiger partial charge in [-0.2, -0.15) is 10.5 Å². The Morgan fingerprint density at radius 3 is 1.66 bits per heavy atom. The van der Waals surface area contributed by atoms with Crippen molar-refractivity contribution in [2.24, 2.45) is 0 Å². The van der Waals surface area contributed by atoms with Crippen molar-refractivity contribution in [3.8, 4) is 45.8 Å². The maximum Gasteiger partial charge on any atom is 0.211 e. The number of rotatable bonds is 4. The molecule has 0 bridgehead atoms. The van der Waals surface area contributed by atoms with Gasteiger partial charge in [-0.3, -0.25) is 0 Å². The van der Waals surface area contributed by atoms with Crippen LogP contribution in [0.1, 0.15) is 11.1 Å². The monoisotopic (exact) mass is 635 g/mol. The number of benzene rings is 7. The van der Waals surface area contributed by atoms with Crippen molar-refractivity contribution in [1.29, 1.82) is 10.5 Å². The minimum Gasteiger partial charge on any atom is -0.318 e. The number of nitrogens with zero attached hydrogens (tertiary/aromatic N) is 5. The highest BCUT2D eigenvalue weighted by Gasteiger charge is 2.21. The fourth-order valence-electron chi connectivity index (χ4n) is 7.44. The van der Waals surface area contributed by atoms with Crippen LogP contribution in [0.5, 0.6) is 0 Å². The fraction of sp³-hybridized carbons (Fsp3) is 0. The quantitative estimate of drug-likeness (QED) is 0.181. The summed E-state index contributed by atoms with van der Waals surface area (Å²) in [6.45, 7) is 8.22. The lowest BCUT2D eigenvalue weighted by Crippen LogP contribution is -1.99. The fourth-order valence-corrected chi connectivity index (χ4v) is 7.44. The molecule has 230 valence electrons. The maximum absolute atomic E-state index is 9.98. The van der Waals surface area contributed by atoms with Gasteiger partial charge in [0.05, 0.1) is 57.6 Å². The van der Waals surface area contributed by atoms with E-state index in [1.54, 1.807) is 0 Å². The van der Waals surface area contributed by atoms with Gasteiger partial charge in [-0.25, -0.2) is 4.85 Å². The molecule has 0 atom stereocenters. The summed E-state index contributed by atoms with van der Waals surface area (Å²) in [5.41, 5.74) is 11.4.